The summed E-state index contributed by atoms with van der Waals surface area (Å²) in [6.45, 7) is 5.58. The van der Waals surface area contributed by atoms with Crippen LogP contribution in [-0.2, 0) is 19.7 Å². The molecule has 2 aliphatic rings. The maximum Gasteiger partial charge on any atom is 0.340 e. The van der Waals surface area contributed by atoms with Crippen LogP contribution in [0.15, 0.2) is 59.2 Å². The smallest absolute Gasteiger partial charge is 0.340 e. The zero-order valence-corrected chi connectivity index (χ0v) is 15.9. The van der Waals surface area contributed by atoms with E-state index in [0.29, 0.717) is 16.9 Å². The summed E-state index contributed by atoms with van der Waals surface area (Å²) in [6.07, 6.45) is 1.57. The highest BCUT2D eigenvalue weighted by Crippen LogP contribution is 2.54. The molecule has 1 amide bonds. The Hall–Kier alpha value is -3.81. The Kier molecular flexibility index (Phi) is 4.07. The summed E-state index contributed by atoms with van der Waals surface area (Å²) in [7, 11) is 1.18. The molecule has 0 aliphatic carbocycles. The van der Waals surface area contributed by atoms with Crippen LogP contribution < -0.4 is 20.9 Å². The van der Waals surface area contributed by atoms with Crippen LogP contribution in [0.5, 0.6) is 5.75 Å². The van der Waals surface area contributed by atoms with Crippen molar-refractivity contribution in [2.45, 2.75) is 12.3 Å². The van der Waals surface area contributed by atoms with E-state index in [2.05, 4.69) is 11.6 Å². The summed E-state index contributed by atoms with van der Waals surface area (Å²) in [4.78, 5) is 43.9. The van der Waals surface area contributed by atoms with Gasteiger partial charge in [0.25, 0.3) is 5.56 Å². The van der Waals surface area contributed by atoms with E-state index < -0.39 is 22.9 Å². The highest BCUT2D eigenvalue weighted by Gasteiger charge is 2.62. The van der Waals surface area contributed by atoms with Crippen molar-refractivity contribution in [3.8, 4) is 5.75 Å². The summed E-state index contributed by atoms with van der Waals surface area (Å²) in [5, 5.41) is 0. The first kappa shape index (κ1) is 18.5. The average molecular weight is 393 g/mol. The fraction of sp³-hybridized carbons (Fsp3) is 0.190. The van der Waals surface area contributed by atoms with Crippen molar-refractivity contribution in [3.05, 3.63) is 81.6 Å². The van der Waals surface area contributed by atoms with Crippen LogP contribution in [0.1, 0.15) is 16.8 Å². The number of pyridine rings is 1. The number of hydrogen-bond acceptors (Lipinski definition) is 6. The maximum atomic E-state index is 13.9. The quantitative estimate of drug-likeness (QED) is 0.599. The summed E-state index contributed by atoms with van der Waals surface area (Å²) in [5.74, 6) is -1.50. The van der Waals surface area contributed by atoms with E-state index in [1.165, 1.54) is 12.0 Å². The minimum atomic E-state index is -1.79. The molecule has 0 saturated carbocycles. The van der Waals surface area contributed by atoms with Gasteiger partial charge in [-0.25, -0.2) is 4.79 Å². The van der Waals surface area contributed by atoms with Crippen molar-refractivity contribution in [1.29, 1.82) is 0 Å². The number of para-hydroxylation sites is 1. The van der Waals surface area contributed by atoms with Crippen LogP contribution in [0.3, 0.4) is 0 Å². The lowest BCUT2D eigenvalue weighted by Gasteiger charge is -2.35. The molecule has 8 nitrogen and oxygen atoms in total. The number of hydrogen-bond donors (Lipinski definition) is 2. The number of aromatic amines is 1. The molecule has 3 N–H and O–H groups in total. The standard InChI is InChI=1S/C21H19N3O5/c1-4-9-24-13-8-6-5-7-12(13)21(20(24)27)15-14(10-11(2)23-18(15)25)29-17(22)16(21)19(26)28-3/h4-8,10H,1,9,22H2,2-3H3,(H,23,25)/t21-/m0/s1. The average Bonchev–Trinajstić information content (AvgIpc) is 2.91. The maximum absolute atomic E-state index is 13.9. The number of anilines is 1. The Morgan fingerprint density at radius 1 is 1.38 bits per heavy atom. The van der Waals surface area contributed by atoms with Crippen molar-refractivity contribution in [1.82, 2.24) is 4.98 Å². The number of nitrogens with zero attached hydrogens (tertiary/aromatic N) is 1. The summed E-state index contributed by atoms with van der Waals surface area (Å²) < 4.78 is 10.5. The second-order valence-electron chi connectivity index (χ2n) is 6.83. The third-order valence-corrected chi connectivity index (χ3v) is 5.21. The second kappa shape index (κ2) is 6.37. The van der Waals surface area contributed by atoms with Gasteiger partial charge in [-0.2, -0.15) is 0 Å². The van der Waals surface area contributed by atoms with E-state index in [0.717, 1.165) is 0 Å². The molecule has 8 heteroatoms. The SMILES string of the molecule is C=CCN1C(=O)[C@@]2(C(C(=O)OC)=C(N)Oc3cc(C)[nH]c(=O)c32)c2ccccc21. The number of fused-ring (bicyclic) bond motifs is 4. The Labute approximate surface area is 166 Å². The highest BCUT2D eigenvalue weighted by atomic mass is 16.5. The number of ether oxygens (including phenoxy) is 2. The molecule has 0 unspecified atom stereocenters. The van der Waals surface area contributed by atoms with Crippen molar-refractivity contribution in [3.63, 3.8) is 0 Å². The van der Waals surface area contributed by atoms with Crippen LogP contribution >= 0.6 is 0 Å². The summed E-state index contributed by atoms with van der Waals surface area (Å²) in [5.41, 5.74) is 5.11. The zero-order chi connectivity index (χ0) is 20.9. The van der Waals surface area contributed by atoms with E-state index in [4.69, 9.17) is 15.2 Å². The number of carbonyl (C=O) groups excluding carboxylic acids is 2. The number of aryl methyl sites for hydroxylation is 1. The number of carbonyl (C=O) groups is 2. The molecule has 0 radical (unpaired) electrons. The fourth-order valence-corrected chi connectivity index (χ4v) is 4.18. The highest BCUT2D eigenvalue weighted by molar-refractivity contribution is 6.18. The van der Waals surface area contributed by atoms with E-state index >= 15 is 0 Å². The van der Waals surface area contributed by atoms with Crippen LogP contribution in [-0.4, -0.2) is 30.5 Å². The van der Waals surface area contributed by atoms with Crippen LogP contribution in [0, 0.1) is 6.92 Å². The molecule has 1 spiro atoms. The summed E-state index contributed by atoms with van der Waals surface area (Å²) in [6, 6.07) is 8.51. The largest absolute Gasteiger partial charge is 0.465 e. The lowest BCUT2D eigenvalue weighted by molar-refractivity contribution is -0.138. The molecule has 3 heterocycles. The zero-order valence-electron chi connectivity index (χ0n) is 15.9. The minimum Gasteiger partial charge on any atom is -0.465 e. The minimum absolute atomic E-state index is 0.00159. The predicted octanol–water partition coefficient (Wildman–Crippen LogP) is 1.24. The molecule has 0 bridgehead atoms. The van der Waals surface area contributed by atoms with Crippen molar-refractivity contribution < 1.29 is 19.1 Å². The molecular formula is C21H19N3O5. The van der Waals surface area contributed by atoms with Crippen molar-refractivity contribution in [2.75, 3.05) is 18.6 Å². The van der Waals surface area contributed by atoms with Gasteiger partial charge in [-0.15, -0.1) is 6.58 Å². The monoisotopic (exact) mass is 393 g/mol. The normalized spacial score (nSPS) is 19.7. The fourth-order valence-electron chi connectivity index (χ4n) is 4.18. The van der Waals surface area contributed by atoms with Gasteiger partial charge in [-0.3, -0.25) is 9.59 Å². The van der Waals surface area contributed by atoms with Gasteiger partial charge in [0.2, 0.25) is 11.8 Å². The first-order valence-electron chi connectivity index (χ1n) is 8.91. The van der Waals surface area contributed by atoms with Gasteiger partial charge in [0.1, 0.15) is 16.7 Å². The molecule has 0 saturated heterocycles. The molecule has 148 valence electrons. The summed E-state index contributed by atoms with van der Waals surface area (Å²) >= 11 is 0. The first-order valence-corrected chi connectivity index (χ1v) is 8.91. The lowest BCUT2D eigenvalue weighted by Crippen LogP contribution is -2.51. The van der Waals surface area contributed by atoms with Crippen molar-refractivity contribution in [2.24, 2.45) is 5.73 Å². The van der Waals surface area contributed by atoms with Crippen LogP contribution in [0.4, 0.5) is 5.69 Å². The van der Waals surface area contributed by atoms with Gasteiger partial charge in [-0.05, 0) is 13.0 Å². The van der Waals surface area contributed by atoms with Gasteiger partial charge >= 0.3 is 5.97 Å². The molecule has 0 fully saturated rings. The molecule has 4 rings (SSSR count). The Morgan fingerprint density at radius 3 is 2.79 bits per heavy atom. The Bertz CT molecular complexity index is 1160. The van der Waals surface area contributed by atoms with Gasteiger partial charge in [0.05, 0.1) is 12.7 Å². The van der Waals surface area contributed by atoms with Crippen LogP contribution in [0.2, 0.25) is 0 Å². The van der Waals surface area contributed by atoms with Gasteiger partial charge in [-0.1, -0.05) is 24.3 Å². The molecule has 2 aromatic rings. The number of methoxy groups -OCH3 is 1. The number of esters is 1. The lowest BCUT2D eigenvalue weighted by atomic mass is 9.68. The third-order valence-electron chi connectivity index (χ3n) is 5.21. The molecular weight excluding hydrogens is 374 g/mol. The molecule has 1 atom stereocenters. The van der Waals surface area contributed by atoms with E-state index in [-0.39, 0.29) is 29.3 Å². The first-order chi connectivity index (χ1) is 13.9. The van der Waals surface area contributed by atoms with Gasteiger partial charge < -0.3 is 25.1 Å². The van der Waals surface area contributed by atoms with Gasteiger partial charge in [0, 0.05) is 29.6 Å². The number of H-pyrrole nitrogens is 1. The Balaban J connectivity index is 2.20. The van der Waals surface area contributed by atoms with Crippen LogP contribution in [0.25, 0.3) is 0 Å². The second-order valence-corrected chi connectivity index (χ2v) is 6.83. The number of aromatic nitrogens is 1. The molecule has 2 aliphatic heterocycles. The number of nitrogens with two attached hydrogens (primary N) is 1. The third kappa shape index (κ3) is 2.29. The van der Waals surface area contributed by atoms with Gasteiger partial charge in [0.15, 0.2) is 0 Å². The van der Waals surface area contributed by atoms with E-state index in [9.17, 15) is 14.4 Å². The number of amides is 1. The molecule has 29 heavy (non-hydrogen) atoms. The van der Waals surface area contributed by atoms with Crippen molar-refractivity contribution >= 4 is 17.6 Å². The predicted molar refractivity (Wildman–Crippen MR) is 105 cm³/mol. The van der Waals surface area contributed by atoms with E-state index in [1.807, 2.05) is 0 Å². The molecule has 1 aromatic carbocycles. The van der Waals surface area contributed by atoms with E-state index in [1.54, 1.807) is 43.3 Å². The number of nitrogens with one attached hydrogen (secondary N) is 1. The number of rotatable bonds is 3. The number of benzene rings is 1. The topological polar surface area (TPSA) is 115 Å². The Morgan fingerprint density at radius 2 is 2.10 bits per heavy atom. The molecule has 1 aromatic heterocycles.